The Labute approximate surface area is 144 Å². The van der Waals surface area contributed by atoms with Crippen LogP contribution in [0, 0.1) is 5.92 Å². The maximum absolute atomic E-state index is 10.1. The molecule has 0 radical (unpaired) electrons. The van der Waals surface area contributed by atoms with E-state index in [0.29, 0.717) is 11.7 Å². The maximum atomic E-state index is 10.1. The van der Waals surface area contributed by atoms with Crippen molar-refractivity contribution >= 4 is 0 Å². The van der Waals surface area contributed by atoms with Crippen LogP contribution in [0.3, 0.4) is 0 Å². The summed E-state index contributed by atoms with van der Waals surface area (Å²) in [5.41, 5.74) is 4.59. The highest BCUT2D eigenvalue weighted by atomic mass is 16.3. The third kappa shape index (κ3) is 2.84. The lowest BCUT2D eigenvalue weighted by Crippen LogP contribution is -2.50. The Bertz CT molecular complexity index is 696. The zero-order chi connectivity index (χ0) is 16.4. The van der Waals surface area contributed by atoms with E-state index in [1.807, 2.05) is 6.07 Å². The van der Waals surface area contributed by atoms with Crippen LogP contribution in [0.1, 0.15) is 42.4 Å². The maximum Gasteiger partial charge on any atom is 0.115 e. The number of rotatable bonds is 4. The molecule has 24 heavy (non-hydrogen) atoms. The third-order valence-corrected chi connectivity index (χ3v) is 6.24. The van der Waals surface area contributed by atoms with Crippen LogP contribution in [0.2, 0.25) is 0 Å². The Kier molecular flexibility index (Phi) is 4.32. The van der Waals surface area contributed by atoms with Gasteiger partial charge in [-0.2, -0.15) is 0 Å². The largest absolute Gasteiger partial charge is 0.508 e. The summed E-state index contributed by atoms with van der Waals surface area (Å²) in [6.45, 7) is 2.22. The number of hydrogen-bond acceptors (Lipinski definition) is 2. The number of piperidine rings is 1. The molecule has 1 aliphatic carbocycles. The van der Waals surface area contributed by atoms with Crippen molar-refractivity contribution in [2.24, 2.45) is 5.92 Å². The fourth-order valence-electron chi connectivity index (χ4n) is 5.01. The van der Waals surface area contributed by atoms with Gasteiger partial charge in [0.1, 0.15) is 5.75 Å². The standard InChI is InChI=1S/C22H27NO/c24-20-11-9-18-8-10-19-16-23-14-13-22(19,21(18)15-20)12-4-7-17-5-2-1-3-6-17/h1-3,5-6,9,11,15,19,23-24H,4,7-8,10,12-14,16H2. The van der Waals surface area contributed by atoms with Gasteiger partial charge in [-0.1, -0.05) is 36.4 Å². The summed E-state index contributed by atoms with van der Waals surface area (Å²) >= 11 is 0. The number of aromatic hydroxyl groups is 1. The number of hydrogen-bond donors (Lipinski definition) is 2. The summed E-state index contributed by atoms with van der Waals surface area (Å²) < 4.78 is 0. The number of nitrogens with one attached hydrogen (secondary N) is 1. The topological polar surface area (TPSA) is 32.3 Å². The van der Waals surface area contributed by atoms with E-state index in [1.54, 1.807) is 0 Å². The van der Waals surface area contributed by atoms with Crippen molar-refractivity contribution in [2.45, 2.75) is 43.9 Å². The molecule has 1 saturated heterocycles. The minimum absolute atomic E-state index is 0.256. The van der Waals surface area contributed by atoms with Crippen LogP contribution in [0.15, 0.2) is 48.5 Å². The molecule has 2 aromatic rings. The summed E-state index contributed by atoms with van der Waals surface area (Å²) in [6, 6.07) is 16.9. The Morgan fingerprint density at radius 1 is 1.12 bits per heavy atom. The van der Waals surface area contributed by atoms with Crippen LogP contribution in [0.4, 0.5) is 0 Å². The van der Waals surface area contributed by atoms with Crippen molar-refractivity contribution in [3.8, 4) is 5.75 Å². The minimum Gasteiger partial charge on any atom is -0.508 e. The van der Waals surface area contributed by atoms with Crippen molar-refractivity contribution in [2.75, 3.05) is 13.1 Å². The van der Waals surface area contributed by atoms with Gasteiger partial charge in [-0.3, -0.25) is 0 Å². The zero-order valence-electron chi connectivity index (χ0n) is 14.3. The molecule has 1 aliphatic heterocycles. The first kappa shape index (κ1) is 15.7. The van der Waals surface area contributed by atoms with Gasteiger partial charge >= 0.3 is 0 Å². The average molecular weight is 321 g/mol. The van der Waals surface area contributed by atoms with E-state index in [-0.39, 0.29) is 5.41 Å². The van der Waals surface area contributed by atoms with Crippen molar-refractivity contribution in [1.82, 2.24) is 5.32 Å². The highest BCUT2D eigenvalue weighted by molar-refractivity contribution is 5.43. The molecule has 0 saturated carbocycles. The van der Waals surface area contributed by atoms with Gasteiger partial charge in [0.05, 0.1) is 0 Å². The predicted molar refractivity (Wildman–Crippen MR) is 98.5 cm³/mol. The fourth-order valence-corrected chi connectivity index (χ4v) is 5.01. The highest BCUT2D eigenvalue weighted by Gasteiger charge is 2.45. The van der Waals surface area contributed by atoms with Gasteiger partial charge in [-0.15, -0.1) is 0 Å². The van der Waals surface area contributed by atoms with E-state index in [4.69, 9.17) is 0 Å². The normalized spacial score (nSPS) is 25.8. The Morgan fingerprint density at radius 2 is 2.00 bits per heavy atom. The van der Waals surface area contributed by atoms with E-state index in [2.05, 4.69) is 47.8 Å². The molecule has 126 valence electrons. The fraction of sp³-hybridized carbons (Fsp3) is 0.455. The second-order valence-corrected chi connectivity index (χ2v) is 7.53. The summed E-state index contributed by atoms with van der Waals surface area (Å²) in [5.74, 6) is 1.13. The monoisotopic (exact) mass is 321 g/mol. The van der Waals surface area contributed by atoms with Gasteiger partial charge in [0.2, 0.25) is 0 Å². The molecule has 2 unspecified atom stereocenters. The van der Waals surface area contributed by atoms with E-state index in [1.165, 1.54) is 42.4 Å². The second-order valence-electron chi connectivity index (χ2n) is 7.53. The molecular formula is C22H27NO. The molecule has 0 aromatic heterocycles. The van der Waals surface area contributed by atoms with E-state index in [0.717, 1.165) is 25.9 Å². The van der Waals surface area contributed by atoms with Gasteiger partial charge < -0.3 is 10.4 Å². The number of phenols is 1. The molecule has 0 amide bonds. The number of aryl methyl sites for hydroxylation is 2. The lowest BCUT2D eigenvalue weighted by atomic mass is 9.58. The smallest absolute Gasteiger partial charge is 0.115 e. The Balaban J connectivity index is 1.60. The molecular weight excluding hydrogens is 294 g/mol. The van der Waals surface area contributed by atoms with Crippen LogP contribution in [0.25, 0.3) is 0 Å². The zero-order valence-corrected chi connectivity index (χ0v) is 14.3. The Hall–Kier alpha value is -1.80. The first-order valence-corrected chi connectivity index (χ1v) is 9.35. The van der Waals surface area contributed by atoms with Crippen LogP contribution in [-0.4, -0.2) is 18.2 Å². The van der Waals surface area contributed by atoms with Crippen LogP contribution in [-0.2, 0) is 18.3 Å². The first-order valence-electron chi connectivity index (χ1n) is 9.35. The van der Waals surface area contributed by atoms with E-state index >= 15 is 0 Å². The van der Waals surface area contributed by atoms with E-state index < -0.39 is 0 Å². The number of fused-ring (bicyclic) bond motifs is 3. The van der Waals surface area contributed by atoms with Crippen LogP contribution in [0.5, 0.6) is 5.75 Å². The number of phenolic OH excluding ortho intramolecular Hbond substituents is 1. The molecule has 0 bridgehead atoms. The summed E-state index contributed by atoms with van der Waals surface area (Å²) in [5, 5.41) is 13.7. The van der Waals surface area contributed by atoms with Gasteiger partial charge in [-0.05, 0) is 86.4 Å². The SMILES string of the molecule is Oc1ccc2c(c1)C1(CCCc3ccccc3)CCNCC1CC2. The van der Waals surface area contributed by atoms with E-state index in [9.17, 15) is 5.11 Å². The van der Waals surface area contributed by atoms with Crippen molar-refractivity contribution in [1.29, 1.82) is 0 Å². The highest BCUT2D eigenvalue weighted by Crippen LogP contribution is 2.49. The van der Waals surface area contributed by atoms with Crippen LogP contribution < -0.4 is 5.32 Å². The third-order valence-electron chi connectivity index (χ3n) is 6.24. The Morgan fingerprint density at radius 3 is 2.88 bits per heavy atom. The second kappa shape index (κ2) is 6.60. The molecule has 0 spiro atoms. The summed E-state index contributed by atoms with van der Waals surface area (Å²) in [4.78, 5) is 0. The van der Waals surface area contributed by atoms with Crippen molar-refractivity contribution in [3.63, 3.8) is 0 Å². The average Bonchev–Trinajstić information content (AvgIpc) is 2.63. The van der Waals surface area contributed by atoms with Crippen molar-refractivity contribution in [3.05, 3.63) is 65.2 Å². The predicted octanol–water partition coefficient (Wildman–Crippen LogP) is 4.21. The lowest BCUT2D eigenvalue weighted by Gasteiger charge is -2.49. The van der Waals surface area contributed by atoms with Gasteiger partial charge in [0.15, 0.2) is 0 Å². The minimum atomic E-state index is 0.256. The molecule has 1 heterocycles. The molecule has 2 aromatic carbocycles. The quantitative estimate of drug-likeness (QED) is 0.884. The van der Waals surface area contributed by atoms with Crippen LogP contribution >= 0.6 is 0 Å². The van der Waals surface area contributed by atoms with Crippen molar-refractivity contribution < 1.29 is 5.11 Å². The molecule has 2 heteroatoms. The number of benzene rings is 2. The molecule has 2 N–H and O–H groups in total. The van der Waals surface area contributed by atoms with Gasteiger partial charge in [-0.25, -0.2) is 0 Å². The van der Waals surface area contributed by atoms with Gasteiger partial charge in [0, 0.05) is 5.41 Å². The molecule has 2 aliphatic rings. The molecule has 4 rings (SSSR count). The lowest BCUT2D eigenvalue weighted by molar-refractivity contribution is 0.158. The first-order chi connectivity index (χ1) is 11.8. The van der Waals surface area contributed by atoms with Gasteiger partial charge in [0.25, 0.3) is 0 Å². The molecule has 1 fully saturated rings. The molecule has 2 nitrogen and oxygen atoms in total. The summed E-state index contributed by atoms with van der Waals surface area (Å²) in [6.07, 6.45) is 7.22. The summed E-state index contributed by atoms with van der Waals surface area (Å²) in [7, 11) is 0. The molecule has 2 atom stereocenters.